The molecular formula is C22H20BrN5O5S2. The maximum absolute atomic E-state index is 12.8. The third-order valence-electron chi connectivity index (χ3n) is 4.78. The first-order chi connectivity index (χ1) is 16.6. The van der Waals surface area contributed by atoms with Crippen LogP contribution in [0, 0.1) is 0 Å². The fourth-order valence-electron chi connectivity index (χ4n) is 3.18. The molecule has 0 spiro atoms. The van der Waals surface area contributed by atoms with E-state index >= 15 is 0 Å². The first-order valence-corrected chi connectivity index (χ1v) is 13.5. The van der Waals surface area contributed by atoms with Gasteiger partial charge in [0.1, 0.15) is 5.75 Å². The summed E-state index contributed by atoms with van der Waals surface area (Å²) in [6.45, 7) is 1.71. The van der Waals surface area contributed by atoms with Crippen LogP contribution in [-0.2, 0) is 21.2 Å². The molecule has 0 unspecified atom stereocenters. The smallest absolute Gasteiger partial charge is 0.291 e. The van der Waals surface area contributed by atoms with Crippen molar-refractivity contribution in [1.82, 2.24) is 14.6 Å². The van der Waals surface area contributed by atoms with Gasteiger partial charge in [0.25, 0.3) is 11.5 Å². The van der Waals surface area contributed by atoms with Crippen LogP contribution < -0.4 is 25.3 Å². The molecule has 1 amide bonds. The molecule has 2 aromatic carbocycles. The highest BCUT2D eigenvalue weighted by Crippen LogP contribution is 2.24. The lowest BCUT2D eigenvalue weighted by atomic mass is 10.2. The topological polar surface area (TPSA) is 146 Å². The highest BCUT2D eigenvalue weighted by Gasteiger charge is 2.13. The van der Waals surface area contributed by atoms with Gasteiger partial charge in [0, 0.05) is 22.1 Å². The summed E-state index contributed by atoms with van der Waals surface area (Å²) in [5.74, 6) is 0.589. The van der Waals surface area contributed by atoms with Crippen molar-refractivity contribution in [2.24, 2.45) is 5.14 Å². The molecule has 0 bridgehead atoms. The number of halogens is 1. The number of hydrogen-bond acceptors (Lipinski definition) is 8. The van der Waals surface area contributed by atoms with E-state index in [4.69, 9.17) is 9.88 Å². The van der Waals surface area contributed by atoms with Crippen molar-refractivity contribution in [2.45, 2.75) is 24.7 Å². The predicted molar refractivity (Wildman–Crippen MR) is 136 cm³/mol. The molecule has 0 saturated carbocycles. The number of aryl methyl sites for hydroxylation is 1. The lowest BCUT2D eigenvalue weighted by molar-refractivity contribution is -0.118. The molecule has 0 atom stereocenters. The van der Waals surface area contributed by atoms with Gasteiger partial charge in [-0.1, -0.05) is 34.2 Å². The number of anilines is 1. The fourth-order valence-corrected chi connectivity index (χ4v) is 4.99. The van der Waals surface area contributed by atoms with Gasteiger partial charge < -0.3 is 10.1 Å². The van der Waals surface area contributed by atoms with Crippen LogP contribution in [0.1, 0.15) is 24.7 Å². The normalized spacial score (nSPS) is 12.3. The van der Waals surface area contributed by atoms with E-state index in [9.17, 15) is 18.0 Å². The Hall–Kier alpha value is -3.13. The van der Waals surface area contributed by atoms with E-state index in [1.165, 1.54) is 40.1 Å². The van der Waals surface area contributed by atoms with Crippen LogP contribution in [-0.4, -0.2) is 35.5 Å². The highest BCUT2D eigenvalue weighted by atomic mass is 79.9. The number of nitrogens with zero attached hydrogens (tertiary/aromatic N) is 3. The molecular weight excluding hydrogens is 558 g/mol. The Morgan fingerprint density at radius 3 is 2.66 bits per heavy atom. The Morgan fingerprint density at radius 2 is 2.00 bits per heavy atom. The standard InChI is InChI=1S/C22H20BrN5O5S2/c1-2-3-19-26-22-28(27-19)21(30)18(34-22)11-13-10-14(23)4-9-17(13)33-12-20(29)25-15-5-7-16(8-6-15)35(24,31)32/h4-11H,2-3,12H2,1H3,(H,25,29)(H2,24,31,32)/b18-11-. The Kier molecular flexibility index (Phi) is 7.31. The second kappa shape index (κ2) is 10.2. The SMILES string of the molecule is CCCc1nc2s/c(=C\c3cc(Br)ccc3OCC(=O)Nc3ccc(S(N)(=O)=O)cc3)c(=O)n2n1. The molecule has 10 nitrogen and oxygen atoms in total. The number of thiazole rings is 1. The van der Waals surface area contributed by atoms with E-state index in [1.54, 1.807) is 24.3 Å². The number of carbonyl (C=O) groups is 1. The number of fused-ring (bicyclic) bond motifs is 1. The van der Waals surface area contributed by atoms with Crippen molar-refractivity contribution in [1.29, 1.82) is 0 Å². The second-order valence-electron chi connectivity index (χ2n) is 7.48. The molecule has 0 fully saturated rings. The summed E-state index contributed by atoms with van der Waals surface area (Å²) in [6, 6.07) is 10.7. The molecule has 3 N–H and O–H groups in total. The maximum atomic E-state index is 12.8. The van der Waals surface area contributed by atoms with Crippen LogP contribution in [0.5, 0.6) is 5.75 Å². The Labute approximate surface area is 212 Å². The molecule has 0 radical (unpaired) electrons. The van der Waals surface area contributed by atoms with Gasteiger partial charge in [0.15, 0.2) is 12.4 Å². The van der Waals surface area contributed by atoms with E-state index in [-0.39, 0.29) is 17.1 Å². The van der Waals surface area contributed by atoms with Gasteiger partial charge in [0.05, 0.1) is 9.43 Å². The monoisotopic (exact) mass is 577 g/mol. The summed E-state index contributed by atoms with van der Waals surface area (Å²) >= 11 is 4.64. The molecule has 0 aliphatic rings. The molecule has 13 heteroatoms. The van der Waals surface area contributed by atoms with E-state index in [2.05, 4.69) is 31.3 Å². The first-order valence-electron chi connectivity index (χ1n) is 10.4. The number of benzene rings is 2. The molecule has 0 saturated heterocycles. The quantitative estimate of drug-likeness (QED) is 0.326. The molecule has 2 aromatic heterocycles. The molecule has 0 aliphatic carbocycles. The van der Waals surface area contributed by atoms with E-state index < -0.39 is 15.9 Å². The lowest BCUT2D eigenvalue weighted by Gasteiger charge is -2.10. The van der Waals surface area contributed by atoms with Gasteiger partial charge in [-0.15, -0.1) is 5.10 Å². The molecule has 2 heterocycles. The molecule has 4 aromatic rings. The fraction of sp³-hybridized carbons (Fsp3) is 0.182. The van der Waals surface area contributed by atoms with Crippen molar-refractivity contribution in [3.05, 3.63) is 73.2 Å². The van der Waals surface area contributed by atoms with Gasteiger partial charge in [-0.25, -0.2) is 18.5 Å². The van der Waals surface area contributed by atoms with Crippen molar-refractivity contribution in [3.63, 3.8) is 0 Å². The van der Waals surface area contributed by atoms with Crippen molar-refractivity contribution < 1.29 is 17.9 Å². The van der Waals surface area contributed by atoms with Gasteiger partial charge in [-0.05, 0) is 55.0 Å². The summed E-state index contributed by atoms with van der Waals surface area (Å²) in [6.07, 6.45) is 3.26. The third kappa shape index (κ3) is 5.93. The summed E-state index contributed by atoms with van der Waals surface area (Å²) in [5, 5.41) is 12.0. The molecule has 182 valence electrons. The zero-order valence-electron chi connectivity index (χ0n) is 18.4. The van der Waals surface area contributed by atoms with E-state index in [0.717, 1.165) is 10.9 Å². The zero-order valence-corrected chi connectivity index (χ0v) is 21.6. The zero-order chi connectivity index (χ0) is 25.2. The molecule has 35 heavy (non-hydrogen) atoms. The molecule has 4 rings (SSSR count). The Balaban J connectivity index is 1.52. The molecule has 0 aliphatic heterocycles. The van der Waals surface area contributed by atoms with Crippen molar-refractivity contribution >= 4 is 59.9 Å². The number of sulfonamides is 1. The number of amides is 1. The van der Waals surface area contributed by atoms with Gasteiger partial charge >= 0.3 is 0 Å². The number of rotatable bonds is 8. The van der Waals surface area contributed by atoms with E-state index in [0.29, 0.717) is 38.7 Å². The minimum atomic E-state index is -3.82. The van der Waals surface area contributed by atoms with Gasteiger partial charge in [0.2, 0.25) is 15.0 Å². The number of primary sulfonamides is 1. The largest absolute Gasteiger partial charge is 0.483 e. The van der Waals surface area contributed by atoms with Crippen molar-refractivity contribution in [2.75, 3.05) is 11.9 Å². The van der Waals surface area contributed by atoms with Crippen LogP contribution >= 0.6 is 27.3 Å². The van der Waals surface area contributed by atoms with Gasteiger partial charge in [-0.2, -0.15) is 4.52 Å². The number of ether oxygens (including phenoxy) is 1. The summed E-state index contributed by atoms with van der Waals surface area (Å²) in [7, 11) is -3.82. The van der Waals surface area contributed by atoms with Crippen molar-refractivity contribution in [3.8, 4) is 5.75 Å². The predicted octanol–water partition coefficient (Wildman–Crippen LogP) is 2.08. The number of aromatic nitrogens is 3. The Morgan fingerprint density at radius 1 is 1.26 bits per heavy atom. The highest BCUT2D eigenvalue weighted by molar-refractivity contribution is 9.10. The van der Waals surface area contributed by atoms with Crippen LogP contribution in [0.2, 0.25) is 0 Å². The average molecular weight is 578 g/mol. The summed E-state index contributed by atoms with van der Waals surface area (Å²) < 4.78 is 30.9. The number of nitrogens with one attached hydrogen (secondary N) is 1. The average Bonchev–Trinajstić information content (AvgIpc) is 3.31. The van der Waals surface area contributed by atoms with Crippen LogP contribution in [0.4, 0.5) is 5.69 Å². The Bertz CT molecular complexity index is 1610. The minimum Gasteiger partial charge on any atom is -0.483 e. The number of carbonyl (C=O) groups excluding carboxylic acids is 1. The summed E-state index contributed by atoms with van der Waals surface area (Å²) in [4.78, 5) is 30.0. The minimum absolute atomic E-state index is 0.0580. The third-order valence-corrected chi connectivity index (χ3v) is 7.16. The lowest BCUT2D eigenvalue weighted by Crippen LogP contribution is -2.24. The second-order valence-corrected chi connectivity index (χ2v) is 11.0. The summed E-state index contributed by atoms with van der Waals surface area (Å²) in [5.41, 5.74) is 0.716. The van der Waals surface area contributed by atoms with Gasteiger partial charge in [-0.3, -0.25) is 9.59 Å². The van der Waals surface area contributed by atoms with E-state index in [1.807, 2.05) is 6.92 Å². The maximum Gasteiger partial charge on any atom is 0.291 e. The van der Waals surface area contributed by atoms with Crippen LogP contribution in [0.3, 0.4) is 0 Å². The number of hydrogen-bond donors (Lipinski definition) is 2. The van der Waals surface area contributed by atoms with Crippen LogP contribution in [0.15, 0.2) is 56.6 Å². The van der Waals surface area contributed by atoms with Crippen LogP contribution in [0.25, 0.3) is 11.0 Å². The number of nitrogens with two attached hydrogens (primary N) is 1. The first kappa shape index (κ1) is 25.0.